The third kappa shape index (κ3) is 3.52. The lowest BCUT2D eigenvalue weighted by molar-refractivity contribution is -0.125. The molecule has 0 unspecified atom stereocenters. The highest BCUT2D eigenvalue weighted by atomic mass is 19.1. The average molecular weight is 301 g/mol. The standard InChI is InChI=1S/C18H20FNO2/c1-18(2,15-8-5-9-16(19)10-15)17(22)20-11-13-6-3-4-7-14(13)12-21/h3-10,21H,11-12H2,1-2H3,(H,20,22). The lowest BCUT2D eigenvalue weighted by Gasteiger charge is -2.24. The average Bonchev–Trinajstić information content (AvgIpc) is 2.52. The van der Waals surface area contributed by atoms with Crippen LogP contribution in [-0.2, 0) is 23.4 Å². The molecule has 0 fully saturated rings. The first-order chi connectivity index (χ1) is 10.4. The van der Waals surface area contributed by atoms with Gasteiger partial charge in [0.1, 0.15) is 5.82 Å². The van der Waals surface area contributed by atoms with Crippen molar-refractivity contribution >= 4 is 5.91 Å². The SMILES string of the molecule is CC(C)(C(=O)NCc1ccccc1CO)c1cccc(F)c1. The Balaban J connectivity index is 2.11. The summed E-state index contributed by atoms with van der Waals surface area (Å²) in [6.45, 7) is 3.78. The van der Waals surface area contributed by atoms with Crippen molar-refractivity contribution in [1.82, 2.24) is 5.32 Å². The summed E-state index contributed by atoms with van der Waals surface area (Å²) >= 11 is 0. The van der Waals surface area contributed by atoms with Crippen LogP contribution in [0, 0.1) is 5.82 Å². The van der Waals surface area contributed by atoms with E-state index in [1.165, 1.54) is 12.1 Å². The van der Waals surface area contributed by atoms with Gasteiger partial charge in [0.2, 0.25) is 5.91 Å². The fourth-order valence-electron chi connectivity index (χ4n) is 2.29. The molecule has 0 aromatic heterocycles. The first-order valence-electron chi connectivity index (χ1n) is 7.17. The number of hydrogen-bond acceptors (Lipinski definition) is 2. The fourth-order valence-corrected chi connectivity index (χ4v) is 2.29. The van der Waals surface area contributed by atoms with Gasteiger partial charge in [0.05, 0.1) is 12.0 Å². The van der Waals surface area contributed by atoms with Crippen molar-refractivity contribution < 1.29 is 14.3 Å². The third-order valence-electron chi connectivity index (χ3n) is 3.84. The quantitative estimate of drug-likeness (QED) is 0.892. The van der Waals surface area contributed by atoms with E-state index in [1.807, 2.05) is 24.3 Å². The minimum Gasteiger partial charge on any atom is -0.392 e. The fraction of sp³-hybridized carbons (Fsp3) is 0.278. The molecular formula is C18H20FNO2. The molecule has 0 aliphatic heterocycles. The van der Waals surface area contributed by atoms with E-state index in [4.69, 9.17) is 0 Å². The third-order valence-corrected chi connectivity index (χ3v) is 3.84. The maximum atomic E-state index is 13.4. The second-order valence-corrected chi connectivity index (χ2v) is 5.74. The maximum Gasteiger partial charge on any atom is 0.230 e. The van der Waals surface area contributed by atoms with Gasteiger partial charge in [-0.3, -0.25) is 4.79 Å². The van der Waals surface area contributed by atoms with Crippen LogP contribution in [0.15, 0.2) is 48.5 Å². The molecule has 4 heteroatoms. The molecule has 0 spiro atoms. The van der Waals surface area contributed by atoms with E-state index in [0.717, 1.165) is 11.1 Å². The highest BCUT2D eigenvalue weighted by molar-refractivity contribution is 5.87. The van der Waals surface area contributed by atoms with Crippen LogP contribution in [0.4, 0.5) is 4.39 Å². The van der Waals surface area contributed by atoms with Crippen molar-refractivity contribution in [3.63, 3.8) is 0 Å². The Labute approximate surface area is 129 Å². The van der Waals surface area contributed by atoms with E-state index >= 15 is 0 Å². The molecule has 1 amide bonds. The van der Waals surface area contributed by atoms with Gasteiger partial charge < -0.3 is 10.4 Å². The molecular weight excluding hydrogens is 281 g/mol. The van der Waals surface area contributed by atoms with Gasteiger partial charge >= 0.3 is 0 Å². The summed E-state index contributed by atoms with van der Waals surface area (Å²) in [7, 11) is 0. The number of rotatable bonds is 5. The molecule has 0 aliphatic carbocycles. The molecule has 0 atom stereocenters. The Kier molecular flexibility index (Phi) is 4.93. The smallest absolute Gasteiger partial charge is 0.230 e. The molecule has 0 saturated carbocycles. The van der Waals surface area contributed by atoms with Gasteiger partial charge in [-0.2, -0.15) is 0 Å². The van der Waals surface area contributed by atoms with Crippen molar-refractivity contribution in [2.24, 2.45) is 0 Å². The van der Waals surface area contributed by atoms with E-state index in [1.54, 1.807) is 26.0 Å². The summed E-state index contributed by atoms with van der Waals surface area (Å²) in [5.74, 6) is -0.546. The minimum atomic E-state index is -0.837. The van der Waals surface area contributed by atoms with Crippen LogP contribution in [0.2, 0.25) is 0 Å². The van der Waals surface area contributed by atoms with Crippen LogP contribution in [-0.4, -0.2) is 11.0 Å². The van der Waals surface area contributed by atoms with Crippen molar-refractivity contribution in [2.75, 3.05) is 0 Å². The summed E-state index contributed by atoms with van der Waals surface area (Å²) in [6.07, 6.45) is 0. The minimum absolute atomic E-state index is 0.0701. The first-order valence-corrected chi connectivity index (χ1v) is 7.17. The molecule has 2 rings (SSSR count). The van der Waals surface area contributed by atoms with Gasteiger partial charge in [-0.05, 0) is 42.7 Å². The van der Waals surface area contributed by atoms with Gasteiger partial charge in [0.25, 0.3) is 0 Å². The molecule has 0 radical (unpaired) electrons. The van der Waals surface area contributed by atoms with Gasteiger partial charge in [0, 0.05) is 6.54 Å². The van der Waals surface area contributed by atoms with Crippen LogP contribution in [0.3, 0.4) is 0 Å². The molecule has 0 heterocycles. The number of aliphatic hydroxyl groups is 1. The molecule has 2 N–H and O–H groups in total. The zero-order chi connectivity index (χ0) is 16.2. The lowest BCUT2D eigenvalue weighted by Crippen LogP contribution is -2.39. The van der Waals surface area contributed by atoms with Crippen molar-refractivity contribution in [2.45, 2.75) is 32.4 Å². The Morgan fingerprint density at radius 3 is 2.45 bits per heavy atom. The summed E-state index contributed by atoms with van der Waals surface area (Å²) < 4.78 is 13.4. The van der Waals surface area contributed by atoms with Crippen molar-refractivity contribution in [3.8, 4) is 0 Å². The summed E-state index contributed by atoms with van der Waals surface area (Å²) in [6, 6.07) is 13.5. The van der Waals surface area contributed by atoms with E-state index in [9.17, 15) is 14.3 Å². The van der Waals surface area contributed by atoms with Crippen LogP contribution >= 0.6 is 0 Å². The normalized spacial score (nSPS) is 11.3. The number of hydrogen-bond donors (Lipinski definition) is 2. The Bertz CT molecular complexity index is 668. The lowest BCUT2D eigenvalue weighted by atomic mass is 9.83. The van der Waals surface area contributed by atoms with Gasteiger partial charge in [0.15, 0.2) is 0 Å². The summed E-state index contributed by atoms with van der Waals surface area (Å²) in [5, 5.41) is 12.2. The zero-order valence-electron chi connectivity index (χ0n) is 12.8. The number of aliphatic hydroxyl groups excluding tert-OH is 1. The second kappa shape index (κ2) is 6.71. The molecule has 0 bridgehead atoms. The van der Waals surface area contributed by atoms with E-state index < -0.39 is 5.41 Å². The number of nitrogens with one attached hydrogen (secondary N) is 1. The Morgan fingerprint density at radius 2 is 1.82 bits per heavy atom. The van der Waals surface area contributed by atoms with Gasteiger partial charge in [-0.25, -0.2) is 4.39 Å². The van der Waals surface area contributed by atoms with Crippen molar-refractivity contribution in [1.29, 1.82) is 0 Å². The Morgan fingerprint density at radius 1 is 1.14 bits per heavy atom. The summed E-state index contributed by atoms with van der Waals surface area (Å²) in [4.78, 5) is 12.5. The largest absolute Gasteiger partial charge is 0.392 e. The van der Waals surface area contributed by atoms with Crippen molar-refractivity contribution in [3.05, 3.63) is 71.0 Å². The molecule has 2 aromatic carbocycles. The first kappa shape index (κ1) is 16.2. The second-order valence-electron chi connectivity index (χ2n) is 5.74. The zero-order valence-corrected chi connectivity index (χ0v) is 12.8. The maximum absolute atomic E-state index is 13.4. The molecule has 22 heavy (non-hydrogen) atoms. The topological polar surface area (TPSA) is 49.3 Å². The van der Waals surface area contributed by atoms with Crippen LogP contribution in [0.1, 0.15) is 30.5 Å². The highest BCUT2D eigenvalue weighted by Crippen LogP contribution is 2.24. The molecule has 3 nitrogen and oxygen atoms in total. The van der Waals surface area contributed by atoms with Crippen LogP contribution in [0.25, 0.3) is 0 Å². The predicted octanol–water partition coefficient (Wildman–Crippen LogP) is 2.91. The van der Waals surface area contributed by atoms with Crippen LogP contribution in [0.5, 0.6) is 0 Å². The molecule has 0 aliphatic rings. The number of carbonyl (C=O) groups is 1. The highest BCUT2D eigenvalue weighted by Gasteiger charge is 2.29. The number of carbonyl (C=O) groups excluding carboxylic acids is 1. The molecule has 0 saturated heterocycles. The number of amides is 1. The van der Waals surface area contributed by atoms with E-state index in [0.29, 0.717) is 12.1 Å². The number of benzene rings is 2. The number of halogens is 1. The monoisotopic (exact) mass is 301 g/mol. The summed E-state index contributed by atoms with van der Waals surface area (Å²) in [5.41, 5.74) is 1.44. The van der Waals surface area contributed by atoms with E-state index in [-0.39, 0.29) is 18.3 Å². The molecule has 116 valence electrons. The van der Waals surface area contributed by atoms with Gasteiger partial charge in [-0.1, -0.05) is 36.4 Å². The van der Waals surface area contributed by atoms with Crippen LogP contribution < -0.4 is 5.32 Å². The molecule has 2 aromatic rings. The Hall–Kier alpha value is -2.20. The predicted molar refractivity (Wildman–Crippen MR) is 83.6 cm³/mol. The van der Waals surface area contributed by atoms with Gasteiger partial charge in [-0.15, -0.1) is 0 Å². The van der Waals surface area contributed by atoms with E-state index in [2.05, 4.69) is 5.32 Å².